The monoisotopic (exact) mass is 273 g/mol. The predicted molar refractivity (Wildman–Crippen MR) is 83.2 cm³/mol. The quantitative estimate of drug-likeness (QED) is 0.848. The number of aryl methyl sites for hydroxylation is 1. The lowest BCUT2D eigenvalue weighted by Crippen LogP contribution is -2.27. The van der Waals surface area contributed by atoms with E-state index in [4.69, 9.17) is 0 Å². The summed E-state index contributed by atoms with van der Waals surface area (Å²) in [5.74, 6) is 0.0260. The third-order valence-electron chi connectivity index (χ3n) is 3.69. The molecular formula is C16H23N3O. The summed E-state index contributed by atoms with van der Waals surface area (Å²) in [7, 11) is 6.08. The largest absolute Gasteiger partial charge is 0.352 e. The third kappa shape index (κ3) is 2.85. The van der Waals surface area contributed by atoms with Gasteiger partial charge in [0, 0.05) is 30.2 Å². The number of nitrogens with one attached hydrogen (secondary N) is 1. The molecule has 4 heteroatoms. The topological polar surface area (TPSA) is 37.3 Å². The lowest BCUT2D eigenvalue weighted by molar-refractivity contribution is 0.0953. The van der Waals surface area contributed by atoms with Crippen LogP contribution in [0, 0.1) is 6.92 Å². The number of carbonyl (C=O) groups excluding carboxylic acids is 1. The van der Waals surface area contributed by atoms with Crippen LogP contribution in [0.1, 0.15) is 22.5 Å². The van der Waals surface area contributed by atoms with Gasteiger partial charge in [0.1, 0.15) is 0 Å². The van der Waals surface area contributed by atoms with Gasteiger partial charge in [-0.25, -0.2) is 0 Å². The number of para-hydroxylation sites is 1. The second-order valence-corrected chi connectivity index (χ2v) is 5.45. The van der Waals surface area contributed by atoms with E-state index in [-0.39, 0.29) is 5.91 Å². The van der Waals surface area contributed by atoms with E-state index in [0.29, 0.717) is 6.54 Å². The SMILES string of the molecule is Cc1c(C(=O)NCCCN(C)C)c2ccccc2n1C. The van der Waals surface area contributed by atoms with Crippen molar-refractivity contribution in [3.63, 3.8) is 0 Å². The molecule has 0 saturated carbocycles. The zero-order chi connectivity index (χ0) is 14.7. The van der Waals surface area contributed by atoms with Gasteiger partial charge in [0.15, 0.2) is 0 Å². The summed E-state index contributed by atoms with van der Waals surface area (Å²) >= 11 is 0. The van der Waals surface area contributed by atoms with Gasteiger partial charge < -0.3 is 14.8 Å². The average molecular weight is 273 g/mol. The Morgan fingerprint density at radius 2 is 2.00 bits per heavy atom. The Labute approximate surface area is 120 Å². The van der Waals surface area contributed by atoms with E-state index in [9.17, 15) is 4.79 Å². The number of rotatable bonds is 5. The Kier molecular flexibility index (Phi) is 4.45. The second kappa shape index (κ2) is 6.09. The summed E-state index contributed by atoms with van der Waals surface area (Å²) < 4.78 is 2.07. The minimum absolute atomic E-state index is 0.0260. The number of aromatic nitrogens is 1. The molecule has 0 fully saturated rings. The minimum Gasteiger partial charge on any atom is -0.352 e. The smallest absolute Gasteiger partial charge is 0.253 e. The van der Waals surface area contributed by atoms with Crippen molar-refractivity contribution in [2.24, 2.45) is 7.05 Å². The van der Waals surface area contributed by atoms with Gasteiger partial charge in [0.2, 0.25) is 0 Å². The Morgan fingerprint density at radius 3 is 2.70 bits per heavy atom. The first-order chi connectivity index (χ1) is 9.52. The highest BCUT2D eigenvalue weighted by Gasteiger charge is 2.17. The molecule has 0 spiro atoms. The molecule has 0 aliphatic heterocycles. The molecule has 20 heavy (non-hydrogen) atoms. The van der Waals surface area contributed by atoms with Gasteiger partial charge in [-0.1, -0.05) is 18.2 Å². The molecule has 2 rings (SSSR count). The molecule has 1 aromatic carbocycles. The fourth-order valence-electron chi connectivity index (χ4n) is 2.49. The number of benzene rings is 1. The fraction of sp³-hybridized carbons (Fsp3) is 0.438. The molecule has 2 aromatic rings. The van der Waals surface area contributed by atoms with Crippen LogP contribution in [0.5, 0.6) is 0 Å². The van der Waals surface area contributed by atoms with Crippen LogP contribution < -0.4 is 5.32 Å². The summed E-state index contributed by atoms with van der Waals surface area (Å²) in [5.41, 5.74) is 2.91. The maximum atomic E-state index is 12.4. The molecule has 1 heterocycles. The number of carbonyl (C=O) groups is 1. The van der Waals surface area contributed by atoms with Gasteiger partial charge in [0.25, 0.3) is 5.91 Å². The number of hydrogen-bond acceptors (Lipinski definition) is 2. The van der Waals surface area contributed by atoms with Gasteiger partial charge >= 0.3 is 0 Å². The standard InChI is InChI=1S/C16H23N3O/c1-12-15(16(20)17-10-7-11-18(2)3)13-8-5-6-9-14(13)19(12)4/h5-6,8-9H,7,10-11H2,1-4H3,(H,17,20). The number of nitrogens with zero attached hydrogens (tertiary/aromatic N) is 2. The number of hydrogen-bond donors (Lipinski definition) is 1. The molecule has 0 aliphatic rings. The molecule has 108 valence electrons. The van der Waals surface area contributed by atoms with E-state index in [1.165, 1.54) is 0 Å². The van der Waals surface area contributed by atoms with Crippen molar-refractivity contribution in [2.75, 3.05) is 27.2 Å². The van der Waals surface area contributed by atoms with E-state index < -0.39 is 0 Å². The van der Waals surface area contributed by atoms with Crippen LogP contribution in [0.3, 0.4) is 0 Å². The lowest BCUT2D eigenvalue weighted by atomic mass is 10.1. The van der Waals surface area contributed by atoms with Crippen LogP contribution in [-0.4, -0.2) is 42.6 Å². The average Bonchev–Trinajstić information content (AvgIpc) is 2.67. The Morgan fingerprint density at radius 1 is 1.30 bits per heavy atom. The first kappa shape index (κ1) is 14.6. The maximum absolute atomic E-state index is 12.4. The van der Waals surface area contributed by atoms with Gasteiger partial charge in [-0.2, -0.15) is 0 Å². The summed E-state index contributed by atoms with van der Waals surface area (Å²) in [6.07, 6.45) is 0.961. The van der Waals surface area contributed by atoms with Gasteiger partial charge in [0.05, 0.1) is 5.56 Å². The minimum atomic E-state index is 0.0260. The Hall–Kier alpha value is -1.81. The van der Waals surface area contributed by atoms with Crippen LogP contribution in [-0.2, 0) is 7.05 Å². The summed E-state index contributed by atoms with van der Waals surface area (Å²) in [6, 6.07) is 8.04. The third-order valence-corrected chi connectivity index (χ3v) is 3.69. The predicted octanol–water partition coefficient (Wildman–Crippen LogP) is 2.17. The summed E-state index contributed by atoms with van der Waals surface area (Å²) in [5, 5.41) is 4.05. The normalized spacial score (nSPS) is 11.2. The molecule has 0 radical (unpaired) electrons. The molecule has 0 saturated heterocycles. The van der Waals surface area contributed by atoms with Crippen LogP contribution in [0.15, 0.2) is 24.3 Å². The van der Waals surface area contributed by atoms with Crippen molar-refractivity contribution in [1.29, 1.82) is 0 Å². The summed E-state index contributed by atoms with van der Waals surface area (Å²) in [4.78, 5) is 14.5. The Bertz CT molecular complexity index is 613. The van der Waals surface area contributed by atoms with E-state index in [1.54, 1.807) is 0 Å². The van der Waals surface area contributed by atoms with Crippen molar-refractivity contribution in [1.82, 2.24) is 14.8 Å². The first-order valence-corrected chi connectivity index (χ1v) is 6.99. The van der Waals surface area contributed by atoms with Gasteiger partial charge in [-0.05, 0) is 40.1 Å². The highest BCUT2D eigenvalue weighted by atomic mass is 16.1. The molecule has 1 aromatic heterocycles. The zero-order valence-corrected chi connectivity index (χ0v) is 12.7. The molecule has 0 bridgehead atoms. The van der Waals surface area contributed by atoms with Crippen molar-refractivity contribution < 1.29 is 4.79 Å². The zero-order valence-electron chi connectivity index (χ0n) is 12.7. The number of amides is 1. The highest BCUT2D eigenvalue weighted by molar-refractivity contribution is 6.08. The van der Waals surface area contributed by atoms with Crippen LogP contribution in [0.4, 0.5) is 0 Å². The molecule has 1 N–H and O–H groups in total. The fourth-order valence-corrected chi connectivity index (χ4v) is 2.49. The van der Waals surface area contributed by atoms with E-state index in [0.717, 1.165) is 35.1 Å². The van der Waals surface area contributed by atoms with Crippen LogP contribution in [0.25, 0.3) is 10.9 Å². The van der Waals surface area contributed by atoms with E-state index in [2.05, 4.69) is 14.8 Å². The second-order valence-electron chi connectivity index (χ2n) is 5.45. The molecule has 0 unspecified atom stereocenters. The van der Waals surface area contributed by atoms with Crippen molar-refractivity contribution in [3.05, 3.63) is 35.5 Å². The van der Waals surface area contributed by atoms with Crippen LogP contribution in [0.2, 0.25) is 0 Å². The number of fused-ring (bicyclic) bond motifs is 1. The lowest BCUT2D eigenvalue weighted by Gasteiger charge is -2.10. The highest BCUT2D eigenvalue weighted by Crippen LogP contribution is 2.24. The van der Waals surface area contributed by atoms with Crippen LogP contribution >= 0.6 is 0 Å². The molecule has 4 nitrogen and oxygen atoms in total. The first-order valence-electron chi connectivity index (χ1n) is 6.99. The molecule has 0 aliphatic carbocycles. The Balaban J connectivity index is 2.16. The van der Waals surface area contributed by atoms with Crippen molar-refractivity contribution in [2.45, 2.75) is 13.3 Å². The van der Waals surface area contributed by atoms with Crippen molar-refractivity contribution in [3.8, 4) is 0 Å². The molecule has 1 amide bonds. The van der Waals surface area contributed by atoms with Gasteiger partial charge in [-0.15, -0.1) is 0 Å². The van der Waals surface area contributed by atoms with Gasteiger partial charge in [-0.3, -0.25) is 4.79 Å². The summed E-state index contributed by atoms with van der Waals surface area (Å²) in [6.45, 7) is 3.68. The molecule has 0 atom stereocenters. The van der Waals surface area contributed by atoms with E-state index in [1.807, 2.05) is 52.3 Å². The van der Waals surface area contributed by atoms with E-state index >= 15 is 0 Å². The maximum Gasteiger partial charge on any atom is 0.253 e. The molecular weight excluding hydrogens is 250 g/mol. The van der Waals surface area contributed by atoms with Crippen molar-refractivity contribution >= 4 is 16.8 Å².